The number of furan rings is 1. The minimum atomic E-state index is -0.135. The Hall–Kier alpha value is -2.74. The van der Waals surface area contributed by atoms with Crippen molar-refractivity contribution in [1.82, 2.24) is 4.90 Å². The summed E-state index contributed by atoms with van der Waals surface area (Å²) in [5, 5.41) is 8.73. The summed E-state index contributed by atoms with van der Waals surface area (Å²) in [5.41, 5.74) is 0.556. The summed E-state index contributed by atoms with van der Waals surface area (Å²) in [6.45, 7) is 0.710. The molecule has 0 unspecified atom stereocenters. The monoisotopic (exact) mass is 284 g/mol. The van der Waals surface area contributed by atoms with Gasteiger partial charge in [-0.1, -0.05) is 0 Å². The maximum atomic E-state index is 12.5. The van der Waals surface area contributed by atoms with Crippen molar-refractivity contribution in [1.29, 1.82) is 5.26 Å². The normalized spacial score (nSPS) is 9.90. The van der Waals surface area contributed by atoms with Crippen molar-refractivity contribution < 1.29 is 13.9 Å². The van der Waals surface area contributed by atoms with Gasteiger partial charge in [-0.2, -0.15) is 5.26 Å². The van der Waals surface area contributed by atoms with Gasteiger partial charge in [0, 0.05) is 12.1 Å². The third kappa shape index (κ3) is 3.86. The standard InChI is InChI=1S/C16H16N2O3/c1-20-14-7-5-13(6-8-14)16(19)18(10-3-9-17)12-15-4-2-11-21-15/h2,4-8,11H,3,10,12H2,1H3. The summed E-state index contributed by atoms with van der Waals surface area (Å²) in [6.07, 6.45) is 1.85. The van der Waals surface area contributed by atoms with Crippen LogP contribution >= 0.6 is 0 Å². The molecule has 1 aromatic carbocycles. The number of nitrogens with zero attached hydrogens (tertiary/aromatic N) is 2. The number of methoxy groups -OCH3 is 1. The van der Waals surface area contributed by atoms with Gasteiger partial charge in [0.25, 0.3) is 5.91 Å². The lowest BCUT2D eigenvalue weighted by atomic mass is 10.2. The Balaban J connectivity index is 2.14. The molecule has 1 aromatic heterocycles. The Morgan fingerprint density at radius 1 is 1.33 bits per heavy atom. The SMILES string of the molecule is COc1ccc(C(=O)N(CCC#N)Cc2ccco2)cc1. The molecule has 0 atom stereocenters. The molecule has 108 valence electrons. The number of rotatable bonds is 6. The van der Waals surface area contributed by atoms with E-state index in [2.05, 4.69) is 6.07 Å². The number of carbonyl (C=O) groups excluding carboxylic acids is 1. The van der Waals surface area contributed by atoms with E-state index in [1.54, 1.807) is 54.7 Å². The van der Waals surface area contributed by atoms with Gasteiger partial charge in [0.05, 0.1) is 32.4 Å². The molecule has 0 spiro atoms. The first-order valence-corrected chi connectivity index (χ1v) is 6.57. The van der Waals surface area contributed by atoms with Crippen molar-refractivity contribution >= 4 is 5.91 Å². The Morgan fingerprint density at radius 3 is 2.67 bits per heavy atom. The van der Waals surface area contributed by atoms with Crippen LogP contribution in [0.4, 0.5) is 0 Å². The third-order valence-electron chi connectivity index (χ3n) is 3.04. The van der Waals surface area contributed by atoms with Crippen LogP contribution in [0, 0.1) is 11.3 Å². The number of benzene rings is 1. The molecule has 0 fully saturated rings. The number of hydrogen-bond donors (Lipinski definition) is 0. The van der Waals surface area contributed by atoms with Crippen molar-refractivity contribution in [3.63, 3.8) is 0 Å². The molecule has 1 amide bonds. The molecule has 1 heterocycles. The fraction of sp³-hybridized carbons (Fsp3) is 0.250. The molecular formula is C16H16N2O3. The van der Waals surface area contributed by atoms with Crippen LogP contribution in [0.3, 0.4) is 0 Å². The number of amides is 1. The third-order valence-corrected chi connectivity index (χ3v) is 3.04. The van der Waals surface area contributed by atoms with Crippen LogP contribution < -0.4 is 4.74 Å². The molecule has 2 aromatic rings. The largest absolute Gasteiger partial charge is 0.497 e. The predicted molar refractivity (Wildman–Crippen MR) is 76.7 cm³/mol. The Morgan fingerprint density at radius 2 is 2.10 bits per heavy atom. The lowest BCUT2D eigenvalue weighted by Crippen LogP contribution is -2.31. The Labute approximate surface area is 123 Å². The first-order chi connectivity index (χ1) is 10.2. The van der Waals surface area contributed by atoms with Gasteiger partial charge in [-0.3, -0.25) is 4.79 Å². The second-order valence-electron chi connectivity index (χ2n) is 4.44. The van der Waals surface area contributed by atoms with Crippen LogP contribution in [0.2, 0.25) is 0 Å². The summed E-state index contributed by atoms with van der Waals surface area (Å²) < 4.78 is 10.3. The minimum Gasteiger partial charge on any atom is -0.497 e. The van der Waals surface area contributed by atoms with Crippen molar-refractivity contribution in [2.45, 2.75) is 13.0 Å². The highest BCUT2D eigenvalue weighted by atomic mass is 16.5. The van der Waals surface area contributed by atoms with Crippen molar-refractivity contribution in [2.75, 3.05) is 13.7 Å². The lowest BCUT2D eigenvalue weighted by Gasteiger charge is -2.20. The van der Waals surface area contributed by atoms with Crippen molar-refractivity contribution in [3.05, 3.63) is 54.0 Å². The fourth-order valence-corrected chi connectivity index (χ4v) is 1.94. The zero-order chi connectivity index (χ0) is 15.1. The molecular weight excluding hydrogens is 268 g/mol. The predicted octanol–water partition coefficient (Wildman–Crippen LogP) is 2.84. The van der Waals surface area contributed by atoms with Crippen LogP contribution in [0.5, 0.6) is 5.75 Å². The molecule has 0 aliphatic carbocycles. The summed E-state index contributed by atoms with van der Waals surface area (Å²) in [5.74, 6) is 1.25. The van der Waals surface area contributed by atoms with E-state index in [9.17, 15) is 4.79 Å². The minimum absolute atomic E-state index is 0.135. The van der Waals surface area contributed by atoms with E-state index in [-0.39, 0.29) is 12.3 Å². The van der Waals surface area contributed by atoms with E-state index < -0.39 is 0 Å². The van der Waals surface area contributed by atoms with Gasteiger partial charge < -0.3 is 14.1 Å². The first-order valence-electron chi connectivity index (χ1n) is 6.57. The van der Waals surface area contributed by atoms with Gasteiger partial charge in [-0.25, -0.2) is 0 Å². The molecule has 0 aliphatic rings. The number of carbonyl (C=O) groups is 1. The van der Waals surface area contributed by atoms with Crippen LogP contribution in [0.25, 0.3) is 0 Å². The van der Waals surface area contributed by atoms with Gasteiger partial charge in [0.2, 0.25) is 0 Å². The number of ether oxygens (including phenoxy) is 1. The van der Waals surface area contributed by atoms with Gasteiger partial charge >= 0.3 is 0 Å². The van der Waals surface area contributed by atoms with E-state index in [4.69, 9.17) is 14.4 Å². The van der Waals surface area contributed by atoms with E-state index >= 15 is 0 Å². The van der Waals surface area contributed by atoms with E-state index in [1.165, 1.54) is 0 Å². The average Bonchev–Trinajstić information content (AvgIpc) is 3.04. The molecule has 0 saturated heterocycles. The van der Waals surface area contributed by atoms with Crippen molar-refractivity contribution in [3.8, 4) is 11.8 Å². The highest BCUT2D eigenvalue weighted by Crippen LogP contribution is 2.15. The smallest absolute Gasteiger partial charge is 0.254 e. The van der Waals surface area contributed by atoms with E-state index in [0.717, 1.165) is 0 Å². The van der Waals surface area contributed by atoms with Gasteiger partial charge in [-0.15, -0.1) is 0 Å². The first kappa shape index (κ1) is 14.7. The Kier molecular flexibility index (Phi) is 4.99. The summed E-state index contributed by atoms with van der Waals surface area (Å²) in [6, 6.07) is 12.5. The molecule has 2 rings (SSSR count). The number of nitriles is 1. The zero-order valence-corrected chi connectivity index (χ0v) is 11.8. The quantitative estimate of drug-likeness (QED) is 0.818. The van der Waals surface area contributed by atoms with Crippen LogP contribution in [0.15, 0.2) is 47.1 Å². The molecule has 5 heteroatoms. The van der Waals surface area contributed by atoms with Gasteiger partial charge in [0.1, 0.15) is 11.5 Å². The van der Waals surface area contributed by atoms with E-state index in [1.807, 2.05) is 0 Å². The fourth-order valence-electron chi connectivity index (χ4n) is 1.94. The summed E-state index contributed by atoms with van der Waals surface area (Å²) in [4.78, 5) is 14.1. The second kappa shape index (κ2) is 7.15. The topological polar surface area (TPSA) is 66.5 Å². The summed E-state index contributed by atoms with van der Waals surface area (Å²) in [7, 11) is 1.58. The Bertz CT molecular complexity index is 612. The molecule has 0 aliphatic heterocycles. The molecule has 0 bridgehead atoms. The number of hydrogen-bond acceptors (Lipinski definition) is 4. The lowest BCUT2D eigenvalue weighted by molar-refractivity contribution is 0.0735. The highest BCUT2D eigenvalue weighted by Gasteiger charge is 2.17. The molecule has 5 nitrogen and oxygen atoms in total. The molecule has 0 radical (unpaired) electrons. The maximum Gasteiger partial charge on any atom is 0.254 e. The average molecular weight is 284 g/mol. The highest BCUT2D eigenvalue weighted by molar-refractivity contribution is 5.94. The van der Waals surface area contributed by atoms with E-state index in [0.29, 0.717) is 30.2 Å². The van der Waals surface area contributed by atoms with Crippen molar-refractivity contribution in [2.24, 2.45) is 0 Å². The van der Waals surface area contributed by atoms with Gasteiger partial charge in [0.15, 0.2) is 0 Å². The molecule has 21 heavy (non-hydrogen) atoms. The molecule has 0 N–H and O–H groups in total. The van der Waals surface area contributed by atoms with Crippen LogP contribution in [0.1, 0.15) is 22.5 Å². The van der Waals surface area contributed by atoms with Crippen LogP contribution in [-0.2, 0) is 6.54 Å². The second-order valence-corrected chi connectivity index (χ2v) is 4.44. The summed E-state index contributed by atoms with van der Waals surface area (Å²) >= 11 is 0. The van der Waals surface area contributed by atoms with Crippen LogP contribution in [-0.4, -0.2) is 24.5 Å². The van der Waals surface area contributed by atoms with Gasteiger partial charge in [-0.05, 0) is 36.4 Å². The zero-order valence-electron chi connectivity index (χ0n) is 11.8. The molecule has 0 saturated carbocycles. The maximum absolute atomic E-state index is 12.5.